The molecule has 1 heterocycles. The van der Waals surface area contributed by atoms with E-state index < -0.39 is 0 Å². The van der Waals surface area contributed by atoms with Gasteiger partial charge in [0.1, 0.15) is 0 Å². The Morgan fingerprint density at radius 1 is 1.04 bits per heavy atom. The maximum absolute atomic E-state index is 12.5. The highest BCUT2D eigenvalue weighted by atomic mass is 35.5. The fourth-order valence-electron chi connectivity index (χ4n) is 2.71. The molecule has 0 aliphatic carbocycles. The third kappa shape index (κ3) is 4.71. The number of aryl methyl sites for hydroxylation is 1. The molecule has 1 fully saturated rings. The quantitative estimate of drug-likeness (QED) is 0.899. The van der Waals surface area contributed by atoms with Crippen LogP contribution in [0.4, 0.5) is 0 Å². The summed E-state index contributed by atoms with van der Waals surface area (Å²) in [4.78, 5) is 28.5. The third-order valence-electron chi connectivity index (χ3n) is 4.67. The zero-order valence-corrected chi connectivity index (χ0v) is 15.5. The van der Waals surface area contributed by atoms with Gasteiger partial charge in [0.05, 0.1) is 5.92 Å². The number of rotatable bonds is 4. The molecule has 134 valence electrons. The molecule has 1 aromatic rings. The lowest BCUT2D eigenvalue weighted by Gasteiger charge is -2.36. The highest BCUT2D eigenvalue weighted by Crippen LogP contribution is 2.13. The Morgan fingerprint density at radius 2 is 1.54 bits per heavy atom. The van der Waals surface area contributed by atoms with Crippen molar-refractivity contribution in [2.24, 2.45) is 11.7 Å². The van der Waals surface area contributed by atoms with Crippen LogP contribution in [-0.2, 0) is 11.2 Å². The van der Waals surface area contributed by atoms with E-state index in [0.29, 0.717) is 31.7 Å². The molecule has 24 heavy (non-hydrogen) atoms. The minimum Gasteiger partial charge on any atom is -0.339 e. The van der Waals surface area contributed by atoms with Crippen molar-refractivity contribution in [3.8, 4) is 0 Å². The summed E-state index contributed by atoms with van der Waals surface area (Å²) in [6.07, 6.45) is 0.965. The number of carbonyl (C=O) groups excluding carboxylic acids is 2. The SMILES string of the molecule is CCc1ccc(C(=O)N2CCN(C(=O)C(C)C(C)N)CC2)cc1.Cl. The molecular formula is C18H28ClN3O2. The summed E-state index contributed by atoms with van der Waals surface area (Å²) in [5, 5.41) is 0. The highest BCUT2D eigenvalue weighted by Gasteiger charge is 2.28. The number of hydrogen-bond acceptors (Lipinski definition) is 3. The number of amides is 2. The summed E-state index contributed by atoms with van der Waals surface area (Å²) >= 11 is 0. The van der Waals surface area contributed by atoms with E-state index in [9.17, 15) is 9.59 Å². The van der Waals surface area contributed by atoms with Gasteiger partial charge in [0.2, 0.25) is 5.91 Å². The van der Waals surface area contributed by atoms with Crippen LogP contribution in [0.2, 0.25) is 0 Å². The Hall–Kier alpha value is -1.59. The maximum atomic E-state index is 12.5. The van der Waals surface area contributed by atoms with Gasteiger partial charge in [0.15, 0.2) is 0 Å². The van der Waals surface area contributed by atoms with Crippen molar-refractivity contribution < 1.29 is 9.59 Å². The Morgan fingerprint density at radius 3 is 2.00 bits per heavy atom. The number of carbonyl (C=O) groups is 2. The molecule has 1 aliphatic rings. The molecule has 5 nitrogen and oxygen atoms in total. The van der Waals surface area contributed by atoms with Gasteiger partial charge in [-0.25, -0.2) is 0 Å². The normalized spacial score (nSPS) is 17.0. The largest absolute Gasteiger partial charge is 0.339 e. The number of hydrogen-bond donors (Lipinski definition) is 1. The van der Waals surface area contributed by atoms with E-state index in [2.05, 4.69) is 6.92 Å². The van der Waals surface area contributed by atoms with Gasteiger partial charge >= 0.3 is 0 Å². The molecule has 2 rings (SSSR count). The monoisotopic (exact) mass is 353 g/mol. The van der Waals surface area contributed by atoms with Gasteiger partial charge in [-0.05, 0) is 31.0 Å². The van der Waals surface area contributed by atoms with Gasteiger partial charge in [0.25, 0.3) is 5.91 Å². The van der Waals surface area contributed by atoms with E-state index in [1.807, 2.05) is 47.9 Å². The average molecular weight is 354 g/mol. The summed E-state index contributed by atoms with van der Waals surface area (Å²) in [6, 6.07) is 7.61. The molecular weight excluding hydrogens is 326 g/mol. The molecule has 2 atom stereocenters. The van der Waals surface area contributed by atoms with Crippen molar-refractivity contribution >= 4 is 24.2 Å². The lowest BCUT2D eigenvalue weighted by molar-refractivity contribution is -0.137. The van der Waals surface area contributed by atoms with Crippen LogP contribution >= 0.6 is 12.4 Å². The van der Waals surface area contributed by atoms with Crippen LogP contribution in [0.3, 0.4) is 0 Å². The van der Waals surface area contributed by atoms with Gasteiger partial charge in [-0.1, -0.05) is 26.0 Å². The lowest BCUT2D eigenvalue weighted by atomic mass is 10.0. The predicted octanol–water partition coefficient (Wildman–Crippen LogP) is 1.94. The van der Waals surface area contributed by atoms with Crippen molar-refractivity contribution in [2.75, 3.05) is 26.2 Å². The Labute approximate surface area is 150 Å². The first-order chi connectivity index (χ1) is 10.9. The molecule has 0 aromatic heterocycles. The molecule has 0 bridgehead atoms. The van der Waals surface area contributed by atoms with Crippen molar-refractivity contribution in [3.05, 3.63) is 35.4 Å². The van der Waals surface area contributed by atoms with Crippen molar-refractivity contribution in [2.45, 2.75) is 33.2 Å². The fraction of sp³-hybridized carbons (Fsp3) is 0.556. The molecule has 1 aliphatic heterocycles. The molecule has 2 N–H and O–H groups in total. The zero-order valence-electron chi connectivity index (χ0n) is 14.7. The summed E-state index contributed by atoms with van der Waals surface area (Å²) in [7, 11) is 0. The first-order valence-electron chi connectivity index (χ1n) is 8.36. The summed E-state index contributed by atoms with van der Waals surface area (Å²) < 4.78 is 0. The fourth-order valence-corrected chi connectivity index (χ4v) is 2.71. The van der Waals surface area contributed by atoms with E-state index >= 15 is 0 Å². The number of benzene rings is 1. The van der Waals surface area contributed by atoms with Gasteiger partial charge in [-0.15, -0.1) is 12.4 Å². The Balaban J connectivity index is 0.00000288. The standard InChI is InChI=1S/C18H27N3O2.ClH/c1-4-15-5-7-16(8-6-15)18(23)21-11-9-20(10-12-21)17(22)13(2)14(3)19;/h5-8,13-14H,4,9-12,19H2,1-3H3;1H. The van der Waals surface area contributed by atoms with Crippen LogP contribution in [0.25, 0.3) is 0 Å². The molecule has 2 amide bonds. The average Bonchev–Trinajstić information content (AvgIpc) is 2.60. The second-order valence-electron chi connectivity index (χ2n) is 6.32. The summed E-state index contributed by atoms with van der Waals surface area (Å²) in [5.41, 5.74) is 7.74. The van der Waals surface area contributed by atoms with E-state index in [1.54, 1.807) is 0 Å². The van der Waals surface area contributed by atoms with Crippen molar-refractivity contribution in [1.29, 1.82) is 0 Å². The topological polar surface area (TPSA) is 66.6 Å². The first-order valence-corrected chi connectivity index (χ1v) is 8.36. The van der Waals surface area contributed by atoms with Gasteiger partial charge < -0.3 is 15.5 Å². The second-order valence-corrected chi connectivity index (χ2v) is 6.32. The van der Waals surface area contributed by atoms with Gasteiger partial charge in [-0.3, -0.25) is 9.59 Å². The highest BCUT2D eigenvalue weighted by molar-refractivity contribution is 5.94. The van der Waals surface area contributed by atoms with Crippen LogP contribution in [0.15, 0.2) is 24.3 Å². The first kappa shape index (κ1) is 20.5. The van der Waals surface area contributed by atoms with E-state index in [0.717, 1.165) is 6.42 Å². The third-order valence-corrected chi connectivity index (χ3v) is 4.67. The summed E-state index contributed by atoms with van der Waals surface area (Å²) in [6.45, 7) is 8.11. The number of piperazine rings is 1. The Bertz CT molecular complexity index is 552. The van der Waals surface area contributed by atoms with Gasteiger partial charge in [0, 0.05) is 37.8 Å². The lowest BCUT2D eigenvalue weighted by Crippen LogP contribution is -2.53. The minimum atomic E-state index is -0.182. The van der Waals surface area contributed by atoms with Crippen LogP contribution in [0, 0.1) is 5.92 Å². The van der Waals surface area contributed by atoms with Crippen LogP contribution in [0.5, 0.6) is 0 Å². The van der Waals surface area contributed by atoms with Crippen LogP contribution < -0.4 is 5.73 Å². The Kier molecular flexibility index (Phi) is 7.70. The van der Waals surface area contributed by atoms with E-state index in [-0.39, 0.29) is 36.2 Å². The number of nitrogens with zero attached hydrogens (tertiary/aromatic N) is 2. The molecule has 1 saturated heterocycles. The molecule has 0 saturated carbocycles. The predicted molar refractivity (Wildman–Crippen MR) is 98.4 cm³/mol. The van der Waals surface area contributed by atoms with Crippen LogP contribution in [-0.4, -0.2) is 53.8 Å². The van der Waals surface area contributed by atoms with Crippen LogP contribution in [0.1, 0.15) is 36.7 Å². The zero-order chi connectivity index (χ0) is 17.0. The minimum absolute atomic E-state index is 0. The number of nitrogens with two attached hydrogens (primary N) is 1. The summed E-state index contributed by atoms with van der Waals surface area (Å²) in [5.74, 6) is -0.0572. The molecule has 6 heteroatoms. The van der Waals surface area contributed by atoms with Gasteiger partial charge in [-0.2, -0.15) is 0 Å². The molecule has 2 unspecified atom stereocenters. The molecule has 1 aromatic carbocycles. The van der Waals surface area contributed by atoms with E-state index in [1.165, 1.54) is 5.56 Å². The number of halogens is 1. The van der Waals surface area contributed by atoms with Crippen molar-refractivity contribution in [1.82, 2.24) is 9.80 Å². The molecule has 0 spiro atoms. The second kappa shape index (κ2) is 9.04. The smallest absolute Gasteiger partial charge is 0.253 e. The maximum Gasteiger partial charge on any atom is 0.253 e. The van der Waals surface area contributed by atoms with Crippen molar-refractivity contribution in [3.63, 3.8) is 0 Å². The van der Waals surface area contributed by atoms with E-state index in [4.69, 9.17) is 5.73 Å². The molecule has 0 radical (unpaired) electrons.